The molecule has 0 spiro atoms. The van der Waals surface area contributed by atoms with Crippen LogP contribution in [0.15, 0.2) is 200 Å². The molecule has 12 aromatic rings. The standard InChI is InChI=1S/C57H39N3S/c1-57(2)48-22-12-9-19-41(48)42-28-25-39(34-49(42)57)58(38-27-31-51-47(33-38)43-20-10-13-23-50(43)59(51)36-15-5-3-6-16-36)40-26-29-46-53(35-40)60(37-17-7-4-8-18-37)52-32-30-45-44-21-11-14-24-54(44)61-56(45)55(46)52/h3-35H,1-2H3. The monoisotopic (exact) mass is 797 g/mol. The summed E-state index contributed by atoms with van der Waals surface area (Å²) in [7, 11) is 0. The number of anilines is 3. The number of rotatable bonds is 5. The average molecular weight is 798 g/mol. The molecule has 0 amide bonds. The van der Waals surface area contributed by atoms with Crippen LogP contribution in [0.4, 0.5) is 17.1 Å². The Balaban J connectivity index is 1.09. The van der Waals surface area contributed by atoms with Crippen molar-refractivity contribution < 1.29 is 0 Å². The van der Waals surface area contributed by atoms with Crippen molar-refractivity contribution in [3.05, 3.63) is 211 Å². The van der Waals surface area contributed by atoms with Gasteiger partial charge in [-0.15, -0.1) is 11.3 Å². The van der Waals surface area contributed by atoms with Crippen molar-refractivity contribution in [3.8, 4) is 22.5 Å². The minimum Gasteiger partial charge on any atom is -0.310 e. The van der Waals surface area contributed by atoms with Gasteiger partial charge in [0.25, 0.3) is 0 Å². The van der Waals surface area contributed by atoms with E-state index in [2.05, 4.69) is 228 Å². The lowest BCUT2D eigenvalue weighted by molar-refractivity contribution is 0.660. The van der Waals surface area contributed by atoms with Crippen LogP contribution in [-0.4, -0.2) is 9.13 Å². The Hall–Kier alpha value is -7.40. The highest BCUT2D eigenvalue weighted by atomic mass is 32.1. The van der Waals surface area contributed by atoms with Crippen molar-refractivity contribution in [1.29, 1.82) is 0 Å². The lowest BCUT2D eigenvalue weighted by Crippen LogP contribution is -2.16. The number of para-hydroxylation sites is 3. The Bertz CT molecular complexity index is 3740. The quantitative estimate of drug-likeness (QED) is 0.169. The second-order valence-electron chi connectivity index (χ2n) is 16.9. The van der Waals surface area contributed by atoms with Crippen LogP contribution in [-0.2, 0) is 5.41 Å². The van der Waals surface area contributed by atoms with Gasteiger partial charge in [0, 0.05) is 75.6 Å². The van der Waals surface area contributed by atoms with Crippen LogP contribution in [0.2, 0.25) is 0 Å². The first-order valence-electron chi connectivity index (χ1n) is 21.1. The molecule has 1 aliphatic carbocycles. The fourth-order valence-corrected chi connectivity index (χ4v) is 11.8. The molecule has 3 aromatic heterocycles. The summed E-state index contributed by atoms with van der Waals surface area (Å²) in [4.78, 5) is 2.48. The number of benzene rings is 9. The van der Waals surface area contributed by atoms with E-state index in [4.69, 9.17) is 0 Å². The third-order valence-corrected chi connectivity index (χ3v) is 14.5. The summed E-state index contributed by atoms with van der Waals surface area (Å²) in [6, 6.07) is 74.1. The molecule has 0 atom stereocenters. The van der Waals surface area contributed by atoms with E-state index < -0.39 is 0 Å². The van der Waals surface area contributed by atoms with Gasteiger partial charge in [-0.3, -0.25) is 0 Å². The first kappa shape index (κ1) is 34.5. The molecule has 0 N–H and O–H groups in total. The summed E-state index contributed by atoms with van der Waals surface area (Å²) >= 11 is 1.90. The van der Waals surface area contributed by atoms with E-state index >= 15 is 0 Å². The third-order valence-electron chi connectivity index (χ3n) is 13.3. The maximum Gasteiger partial charge on any atom is 0.0562 e. The summed E-state index contributed by atoms with van der Waals surface area (Å²) in [5, 5.41) is 7.66. The van der Waals surface area contributed by atoms with Crippen molar-refractivity contribution in [2.45, 2.75) is 19.3 Å². The van der Waals surface area contributed by atoms with Crippen molar-refractivity contribution in [2.24, 2.45) is 0 Å². The van der Waals surface area contributed by atoms with Gasteiger partial charge in [-0.05, 0) is 107 Å². The smallest absolute Gasteiger partial charge is 0.0562 e. The molecule has 288 valence electrons. The third kappa shape index (κ3) is 4.91. The van der Waals surface area contributed by atoms with Crippen molar-refractivity contribution in [1.82, 2.24) is 9.13 Å². The van der Waals surface area contributed by atoms with E-state index in [0.29, 0.717) is 0 Å². The summed E-state index contributed by atoms with van der Waals surface area (Å²) in [5.41, 5.74) is 15.7. The molecule has 0 aliphatic heterocycles. The Kier molecular flexibility index (Phi) is 7.23. The number of nitrogens with zero attached hydrogens (tertiary/aromatic N) is 3. The van der Waals surface area contributed by atoms with Crippen molar-refractivity contribution in [2.75, 3.05) is 4.90 Å². The topological polar surface area (TPSA) is 13.1 Å². The number of hydrogen-bond donors (Lipinski definition) is 0. The molecule has 0 unspecified atom stereocenters. The Morgan fingerprint density at radius 3 is 1.79 bits per heavy atom. The minimum absolute atomic E-state index is 0.139. The van der Waals surface area contributed by atoms with Gasteiger partial charge in [-0.2, -0.15) is 0 Å². The van der Waals surface area contributed by atoms with Crippen LogP contribution in [0.25, 0.3) is 86.3 Å². The molecule has 0 saturated carbocycles. The van der Waals surface area contributed by atoms with Crippen molar-refractivity contribution >= 4 is 92.2 Å². The lowest BCUT2D eigenvalue weighted by Gasteiger charge is -2.28. The van der Waals surface area contributed by atoms with Crippen LogP contribution in [0.1, 0.15) is 25.0 Å². The van der Waals surface area contributed by atoms with Crippen LogP contribution in [0.5, 0.6) is 0 Å². The van der Waals surface area contributed by atoms with Crippen molar-refractivity contribution in [3.63, 3.8) is 0 Å². The van der Waals surface area contributed by atoms with E-state index in [0.717, 1.165) is 28.4 Å². The van der Waals surface area contributed by atoms with E-state index in [1.807, 2.05) is 11.3 Å². The largest absolute Gasteiger partial charge is 0.310 e. The van der Waals surface area contributed by atoms with Gasteiger partial charge in [0.05, 0.1) is 22.1 Å². The zero-order chi connectivity index (χ0) is 40.4. The van der Waals surface area contributed by atoms with Gasteiger partial charge in [0.1, 0.15) is 0 Å². The van der Waals surface area contributed by atoms with Crippen LogP contribution >= 0.6 is 11.3 Å². The van der Waals surface area contributed by atoms with Gasteiger partial charge in [-0.1, -0.05) is 129 Å². The number of hydrogen-bond acceptors (Lipinski definition) is 2. The fourth-order valence-electron chi connectivity index (χ4n) is 10.5. The maximum atomic E-state index is 2.48. The Morgan fingerprint density at radius 1 is 0.393 bits per heavy atom. The predicted octanol–water partition coefficient (Wildman–Crippen LogP) is 16.0. The van der Waals surface area contributed by atoms with E-state index in [-0.39, 0.29) is 5.41 Å². The van der Waals surface area contributed by atoms with Gasteiger partial charge in [-0.25, -0.2) is 0 Å². The normalized spacial score (nSPS) is 13.2. The molecule has 0 radical (unpaired) electrons. The molecule has 3 nitrogen and oxygen atoms in total. The molecule has 9 aromatic carbocycles. The zero-order valence-electron chi connectivity index (χ0n) is 33.8. The number of aromatic nitrogens is 2. The van der Waals surface area contributed by atoms with Crippen LogP contribution in [0, 0.1) is 0 Å². The highest BCUT2D eigenvalue weighted by Crippen LogP contribution is 2.52. The SMILES string of the molecule is CC1(C)c2ccccc2-c2ccc(N(c3ccc4c(c3)c3ccccc3n4-c3ccccc3)c3ccc4c5c6sc7ccccc7c6ccc5n(-c5ccccc5)c4c3)cc21. The van der Waals surface area contributed by atoms with E-state index in [1.165, 1.54) is 86.0 Å². The summed E-state index contributed by atoms with van der Waals surface area (Å²) in [6.07, 6.45) is 0. The average Bonchev–Trinajstić information content (AvgIpc) is 4.02. The van der Waals surface area contributed by atoms with Gasteiger partial charge < -0.3 is 14.0 Å². The molecule has 0 saturated heterocycles. The second kappa shape index (κ2) is 12.8. The second-order valence-corrected chi connectivity index (χ2v) is 18.0. The molecule has 3 heterocycles. The van der Waals surface area contributed by atoms with Crippen LogP contribution in [0.3, 0.4) is 0 Å². The first-order chi connectivity index (χ1) is 30.0. The lowest BCUT2D eigenvalue weighted by atomic mass is 9.82. The van der Waals surface area contributed by atoms with E-state index in [1.54, 1.807) is 0 Å². The van der Waals surface area contributed by atoms with Crippen LogP contribution < -0.4 is 4.90 Å². The van der Waals surface area contributed by atoms with Gasteiger partial charge in [0.2, 0.25) is 0 Å². The fraction of sp³-hybridized carbons (Fsp3) is 0.0526. The molecule has 4 heteroatoms. The molecular formula is C57H39N3S. The molecular weight excluding hydrogens is 759 g/mol. The molecule has 13 rings (SSSR count). The first-order valence-corrected chi connectivity index (χ1v) is 21.9. The predicted molar refractivity (Wildman–Crippen MR) is 260 cm³/mol. The summed E-state index contributed by atoms with van der Waals surface area (Å²) < 4.78 is 7.52. The Labute approximate surface area is 357 Å². The zero-order valence-corrected chi connectivity index (χ0v) is 34.6. The maximum absolute atomic E-state index is 2.48. The summed E-state index contributed by atoms with van der Waals surface area (Å²) in [5.74, 6) is 0. The summed E-state index contributed by atoms with van der Waals surface area (Å²) in [6.45, 7) is 4.74. The Morgan fingerprint density at radius 2 is 0.967 bits per heavy atom. The van der Waals surface area contributed by atoms with E-state index in [9.17, 15) is 0 Å². The van der Waals surface area contributed by atoms with Gasteiger partial charge in [0.15, 0.2) is 0 Å². The number of fused-ring (bicyclic) bond motifs is 13. The molecule has 61 heavy (non-hydrogen) atoms. The number of thiophene rings is 1. The van der Waals surface area contributed by atoms with Gasteiger partial charge >= 0.3 is 0 Å². The molecule has 1 aliphatic rings. The molecule has 0 bridgehead atoms. The molecule has 0 fully saturated rings. The highest BCUT2D eigenvalue weighted by molar-refractivity contribution is 7.26. The minimum atomic E-state index is -0.139. The highest BCUT2D eigenvalue weighted by Gasteiger charge is 2.36.